The van der Waals surface area contributed by atoms with Crippen molar-refractivity contribution < 1.29 is 9.84 Å². The van der Waals surface area contributed by atoms with Crippen LogP contribution in [-0.2, 0) is 0 Å². The molecule has 4 N–H and O–H groups in total. The number of fused-ring (bicyclic) bond motifs is 1. The van der Waals surface area contributed by atoms with Gasteiger partial charge >= 0.3 is 5.69 Å². The van der Waals surface area contributed by atoms with Gasteiger partial charge in [0, 0.05) is 25.7 Å². The molecule has 7 nitrogen and oxygen atoms in total. The van der Waals surface area contributed by atoms with Crippen LogP contribution in [0.2, 0.25) is 0 Å². The number of nitrogen functional groups attached to an aromatic ring is 1. The first-order chi connectivity index (χ1) is 13.9. The Bertz CT molecular complexity index is 1030. The molecule has 1 fully saturated rings. The fourth-order valence-corrected chi connectivity index (χ4v) is 4.14. The molecule has 0 bridgehead atoms. The van der Waals surface area contributed by atoms with E-state index in [1.165, 1.54) is 0 Å². The smallest absolute Gasteiger partial charge is 0.326 e. The molecule has 1 unspecified atom stereocenters. The first-order valence-corrected chi connectivity index (χ1v) is 10.0. The fraction of sp³-hybridized carbons (Fsp3) is 0.409. The highest BCUT2D eigenvalue weighted by Gasteiger charge is 2.29. The minimum absolute atomic E-state index is 0.0505. The van der Waals surface area contributed by atoms with Crippen LogP contribution in [0.15, 0.2) is 53.3 Å². The van der Waals surface area contributed by atoms with Gasteiger partial charge < -0.3 is 25.5 Å². The highest BCUT2D eigenvalue weighted by molar-refractivity contribution is 5.75. The van der Waals surface area contributed by atoms with Crippen LogP contribution in [0.25, 0.3) is 11.0 Å². The molecule has 7 heteroatoms. The Hall–Kier alpha value is -2.77. The molecule has 0 amide bonds. The zero-order valence-corrected chi connectivity index (χ0v) is 16.7. The maximum absolute atomic E-state index is 12.4. The molecule has 0 spiro atoms. The molecule has 1 saturated heterocycles. The van der Waals surface area contributed by atoms with Crippen LogP contribution >= 0.6 is 0 Å². The summed E-state index contributed by atoms with van der Waals surface area (Å²) in [4.78, 5) is 17.6. The van der Waals surface area contributed by atoms with Gasteiger partial charge in [0.25, 0.3) is 0 Å². The summed E-state index contributed by atoms with van der Waals surface area (Å²) in [5.41, 5.74) is 7.25. The van der Waals surface area contributed by atoms with Gasteiger partial charge in [-0.2, -0.15) is 0 Å². The Morgan fingerprint density at radius 3 is 2.62 bits per heavy atom. The van der Waals surface area contributed by atoms with E-state index in [9.17, 15) is 9.90 Å². The number of ether oxygens (including phenoxy) is 1. The molecule has 2 aromatic carbocycles. The van der Waals surface area contributed by atoms with E-state index < -0.39 is 5.60 Å². The van der Waals surface area contributed by atoms with Crippen molar-refractivity contribution in [1.82, 2.24) is 14.5 Å². The number of H-pyrrole nitrogens is 1. The van der Waals surface area contributed by atoms with Crippen molar-refractivity contribution in [2.45, 2.75) is 31.4 Å². The molecule has 154 valence electrons. The molecule has 3 aromatic rings. The van der Waals surface area contributed by atoms with Crippen molar-refractivity contribution >= 4 is 16.7 Å². The number of benzene rings is 2. The number of aliphatic hydroxyl groups is 1. The molecular formula is C22H28N4O3. The lowest BCUT2D eigenvalue weighted by Crippen LogP contribution is -2.48. The van der Waals surface area contributed by atoms with Crippen LogP contribution in [0.4, 0.5) is 5.69 Å². The Labute approximate surface area is 169 Å². The molecule has 1 aliphatic heterocycles. The van der Waals surface area contributed by atoms with Gasteiger partial charge in [-0.3, -0.25) is 4.57 Å². The minimum atomic E-state index is -0.993. The van der Waals surface area contributed by atoms with Crippen LogP contribution in [-0.4, -0.2) is 51.4 Å². The first-order valence-electron chi connectivity index (χ1n) is 10.0. The largest absolute Gasteiger partial charge is 0.488 e. The maximum Gasteiger partial charge on any atom is 0.326 e. The SMILES string of the molecule is CC(O)(COc1ccccc1N)CN1CCC(n2c(=O)[nH]c3ccccc32)CC1. The Kier molecular flexibility index (Phi) is 5.34. The molecule has 0 saturated carbocycles. The van der Waals surface area contributed by atoms with E-state index in [2.05, 4.69) is 9.88 Å². The number of piperidine rings is 1. The van der Waals surface area contributed by atoms with E-state index in [1.807, 2.05) is 41.0 Å². The topological polar surface area (TPSA) is 96.5 Å². The summed E-state index contributed by atoms with van der Waals surface area (Å²) in [7, 11) is 0. The van der Waals surface area contributed by atoms with Crippen molar-refractivity contribution in [2.75, 3.05) is 32.0 Å². The number of rotatable bonds is 6. The predicted octanol–water partition coefficient (Wildman–Crippen LogP) is 2.38. The minimum Gasteiger partial charge on any atom is -0.488 e. The lowest BCUT2D eigenvalue weighted by atomic mass is 10.0. The number of aromatic nitrogens is 2. The summed E-state index contributed by atoms with van der Waals surface area (Å²) in [5, 5.41) is 10.8. The zero-order valence-electron chi connectivity index (χ0n) is 16.7. The standard InChI is InChI=1S/C22H28N4O3/c1-22(28,15-29-20-9-5-2-6-17(20)23)14-25-12-10-16(11-13-25)26-19-8-4-3-7-18(19)24-21(26)27/h2-9,16,28H,10-15,23H2,1H3,(H,24,27). The molecule has 2 heterocycles. The number of imidazole rings is 1. The van der Waals surface area contributed by atoms with Crippen LogP contribution in [0.1, 0.15) is 25.8 Å². The van der Waals surface area contributed by atoms with Crippen molar-refractivity contribution in [3.63, 3.8) is 0 Å². The van der Waals surface area contributed by atoms with Crippen molar-refractivity contribution in [3.8, 4) is 5.75 Å². The Morgan fingerprint density at radius 2 is 1.86 bits per heavy atom. The number of aromatic amines is 1. The number of likely N-dealkylation sites (tertiary alicyclic amines) is 1. The van der Waals surface area contributed by atoms with Crippen LogP contribution in [0, 0.1) is 0 Å². The normalized spacial score (nSPS) is 18.0. The van der Waals surface area contributed by atoms with Gasteiger partial charge in [0.15, 0.2) is 0 Å². The number of hydrogen-bond donors (Lipinski definition) is 3. The van der Waals surface area contributed by atoms with Crippen molar-refractivity contribution in [2.24, 2.45) is 0 Å². The fourth-order valence-electron chi connectivity index (χ4n) is 4.14. The van der Waals surface area contributed by atoms with Gasteiger partial charge in [-0.1, -0.05) is 24.3 Å². The van der Waals surface area contributed by atoms with Gasteiger partial charge in [-0.05, 0) is 44.0 Å². The van der Waals surface area contributed by atoms with Gasteiger partial charge in [-0.15, -0.1) is 0 Å². The zero-order chi connectivity index (χ0) is 20.4. The molecule has 1 aliphatic rings. The number of anilines is 1. The molecule has 1 aromatic heterocycles. The molecule has 0 radical (unpaired) electrons. The predicted molar refractivity (Wildman–Crippen MR) is 114 cm³/mol. The van der Waals surface area contributed by atoms with Gasteiger partial charge in [0.1, 0.15) is 18.0 Å². The third-order valence-electron chi connectivity index (χ3n) is 5.57. The number of nitrogens with two attached hydrogens (primary N) is 1. The lowest BCUT2D eigenvalue weighted by Gasteiger charge is -2.36. The first kappa shape index (κ1) is 19.5. The lowest BCUT2D eigenvalue weighted by molar-refractivity contribution is -0.0233. The Balaban J connectivity index is 1.35. The highest BCUT2D eigenvalue weighted by Crippen LogP contribution is 2.26. The van der Waals surface area contributed by atoms with E-state index >= 15 is 0 Å². The third-order valence-corrected chi connectivity index (χ3v) is 5.57. The molecule has 0 aliphatic carbocycles. The second kappa shape index (κ2) is 7.93. The quantitative estimate of drug-likeness (QED) is 0.556. The molecular weight excluding hydrogens is 368 g/mol. The highest BCUT2D eigenvalue weighted by atomic mass is 16.5. The second-order valence-electron chi connectivity index (χ2n) is 8.15. The van der Waals surface area contributed by atoms with E-state index in [0.29, 0.717) is 18.0 Å². The summed E-state index contributed by atoms with van der Waals surface area (Å²) in [6.45, 7) is 4.10. The Morgan fingerprint density at radius 1 is 1.17 bits per heavy atom. The monoisotopic (exact) mass is 396 g/mol. The summed E-state index contributed by atoms with van der Waals surface area (Å²) in [5.74, 6) is 0.588. The summed E-state index contributed by atoms with van der Waals surface area (Å²) in [6, 6.07) is 15.3. The van der Waals surface area contributed by atoms with E-state index in [1.54, 1.807) is 19.1 Å². The number of β-amino-alcohol motifs (C(OH)–C–C–N with tert-alkyl or cyclic N) is 1. The van der Waals surface area contributed by atoms with Crippen molar-refractivity contribution in [3.05, 3.63) is 59.0 Å². The molecule has 1 atom stereocenters. The van der Waals surface area contributed by atoms with Gasteiger partial charge in [0.2, 0.25) is 0 Å². The van der Waals surface area contributed by atoms with Gasteiger partial charge in [-0.25, -0.2) is 4.79 Å². The summed E-state index contributed by atoms with van der Waals surface area (Å²) < 4.78 is 7.62. The van der Waals surface area contributed by atoms with Crippen LogP contribution in [0.5, 0.6) is 5.75 Å². The van der Waals surface area contributed by atoms with Crippen LogP contribution < -0.4 is 16.2 Å². The maximum atomic E-state index is 12.4. The van der Waals surface area contributed by atoms with Gasteiger partial charge in [0.05, 0.1) is 16.7 Å². The third kappa shape index (κ3) is 4.31. The molecule has 29 heavy (non-hydrogen) atoms. The van der Waals surface area contributed by atoms with E-state index in [4.69, 9.17) is 10.5 Å². The molecule has 4 rings (SSSR count). The van der Waals surface area contributed by atoms with E-state index in [-0.39, 0.29) is 18.3 Å². The second-order valence-corrected chi connectivity index (χ2v) is 8.15. The average molecular weight is 396 g/mol. The van der Waals surface area contributed by atoms with Crippen LogP contribution in [0.3, 0.4) is 0 Å². The average Bonchev–Trinajstić information content (AvgIpc) is 3.03. The number of para-hydroxylation sites is 4. The van der Waals surface area contributed by atoms with Crippen molar-refractivity contribution in [1.29, 1.82) is 0 Å². The summed E-state index contributed by atoms with van der Waals surface area (Å²) >= 11 is 0. The number of nitrogens with one attached hydrogen (secondary N) is 1. The summed E-state index contributed by atoms with van der Waals surface area (Å²) in [6.07, 6.45) is 1.73. The number of nitrogens with zero attached hydrogens (tertiary/aromatic N) is 2. The van der Waals surface area contributed by atoms with E-state index in [0.717, 1.165) is 37.0 Å². The number of hydrogen-bond acceptors (Lipinski definition) is 5.